The maximum absolute atomic E-state index is 9.13. The number of hydrogen-bond acceptors (Lipinski definition) is 6. The second-order valence-corrected chi connectivity index (χ2v) is 3.12. The van der Waals surface area contributed by atoms with E-state index in [9.17, 15) is 0 Å². The third-order valence-corrected chi connectivity index (χ3v) is 2.16. The molecule has 0 saturated carbocycles. The first-order valence-electron chi connectivity index (χ1n) is 4.33. The molecular weight excluding hydrogens is 186 g/mol. The van der Waals surface area contributed by atoms with E-state index in [1.807, 2.05) is 6.92 Å². The van der Waals surface area contributed by atoms with Crippen molar-refractivity contribution in [3.8, 4) is 0 Å². The summed E-state index contributed by atoms with van der Waals surface area (Å²) >= 11 is 0. The second-order valence-electron chi connectivity index (χ2n) is 3.12. The smallest absolute Gasteiger partial charge is 0.244 e. The van der Waals surface area contributed by atoms with Crippen molar-refractivity contribution in [2.75, 3.05) is 24.3 Å². The fourth-order valence-electron chi connectivity index (χ4n) is 1.01. The molecule has 7 heteroatoms. The summed E-state index contributed by atoms with van der Waals surface area (Å²) in [6.45, 7) is 1.44. The van der Waals surface area contributed by atoms with Gasteiger partial charge in [0, 0.05) is 0 Å². The molecule has 1 heterocycles. The predicted octanol–water partition coefficient (Wildman–Crippen LogP) is -1.07. The largest absolute Gasteiger partial charge is 0.394 e. The summed E-state index contributed by atoms with van der Waals surface area (Å²) in [5.74, 6) is 0.459. The summed E-state index contributed by atoms with van der Waals surface area (Å²) in [6.07, 6.45) is 0.550. The molecule has 1 rings (SSSR count). The monoisotopic (exact) mass is 201 g/mol. The summed E-state index contributed by atoms with van der Waals surface area (Å²) in [4.78, 5) is 3.82. The van der Waals surface area contributed by atoms with Gasteiger partial charge >= 0.3 is 0 Å². The van der Waals surface area contributed by atoms with Crippen LogP contribution in [0.5, 0.6) is 0 Å². The number of aromatic amines is 1. The zero-order chi connectivity index (χ0) is 10.6. The standard InChI is InChI=1S/C7H15N5O2/c1-2-7(3-13,4-14)10-6-9-5(8)11-12-6/h13-14H,2-4H2,1H3,(H4,8,9,10,11,12). The van der Waals surface area contributed by atoms with E-state index in [1.165, 1.54) is 0 Å². The number of aliphatic hydroxyl groups is 2. The minimum Gasteiger partial charge on any atom is -0.394 e. The van der Waals surface area contributed by atoms with Gasteiger partial charge in [0.05, 0.1) is 18.8 Å². The fraction of sp³-hybridized carbons (Fsp3) is 0.714. The highest BCUT2D eigenvalue weighted by molar-refractivity contribution is 5.33. The Balaban J connectivity index is 2.73. The molecule has 0 amide bonds. The van der Waals surface area contributed by atoms with Crippen LogP contribution in [0.4, 0.5) is 11.9 Å². The van der Waals surface area contributed by atoms with Gasteiger partial charge in [-0.25, -0.2) is 5.10 Å². The lowest BCUT2D eigenvalue weighted by atomic mass is 9.99. The molecule has 0 aliphatic rings. The number of anilines is 2. The Labute approximate surface area is 81.4 Å². The number of nitrogens with one attached hydrogen (secondary N) is 2. The number of aliphatic hydroxyl groups excluding tert-OH is 2. The number of rotatable bonds is 5. The van der Waals surface area contributed by atoms with E-state index >= 15 is 0 Å². The molecule has 0 aromatic carbocycles. The average molecular weight is 201 g/mol. The van der Waals surface area contributed by atoms with Crippen molar-refractivity contribution in [3.05, 3.63) is 0 Å². The van der Waals surface area contributed by atoms with Crippen molar-refractivity contribution >= 4 is 11.9 Å². The first-order valence-corrected chi connectivity index (χ1v) is 4.33. The normalized spacial score (nSPS) is 11.6. The maximum atomic E-state index is 9.13. The molecule has 0 spiro atoms. The van der Waals surface area contributed by atoms with Crippen LogP contribution in [0.3, 0.4) is 0 Å². The summed E-state index contributed by atoms with van der Waals surface area (Å²) in [7, 11) is 0. The molecule has 0 aliphatic heterocycles. The topological polar surface area (TPSA) is 120 Å². The molecule has 0 radical (unpaired) electrons. The first-order chi connectivity index (χ1) is 6.65. The molecule has 80 valence electrons. The Morgan fingerprint density at radius 1 is 1.50 bits per heavy atom. The van der Waals surface area contributed by atoms with Gasteiger partial charge in [-0.3, -0.25) is 0 Å². The van der Waals surface area contributed by atoms with Gasteiger partial charge in [-0.1, -0.05) is 6.92 Å². The molecule has 0 bridgehead atoms. The Bertz CT molecular complexity index is 275. The Morgan fingerprint density at radius 2 is 2.14 bits per heavy atom. The molecule has 0 unspecified atom stereocenters. The van der Waals surface area contributed by atoms with Crippen LogP contribution < -0.4 is 11.1 Å². The third kappa shape index (κ3) is 2.12. The minimum atomic E-state index is -0.797. The molecule has 0 aliphatic carbocycles. The molecule has 1 aromatic rings. The number of aromatic nitrogens is 3. The average Bonchev–Trinajstić information content (AvgIpc) is 2.61. The summed E-state index contributed by atoms with van der Waals surface area (Å²) in [5.41, 5.74) is 4.53. The third-order valence-electron chi connectivity index (χ3n) is 2.16. The molecule has 7 nitrogen and oxygen atoms in total. The maximum Gasteiger partial charge on any atom is 0.244 e. The van der Waals surface area contributed by atoms with Gasteiger partial charge < -0.3 is 21.3 Å². The lowest BCUT2D eigenvalue weighted by molar-refractivity contribution is 0.132. The molecule has 14 heavy (non-hydrogen) atoms. The zero-order valence-electron chi connectivity index (χ0n) is 7.99. The minimum absolute atomic E-state index is 0.188. The molecule has 0 atom stereocenters. The molecule has 6 N–H and O–H groups in total. The lowest BCUT2D eigenvalue weighted by Crippen LogP contribution is -2.45. The summed E-state index contributed by atoms with van der Waals surface area (Å²) in [5, 5.41) is 27.3. The molecule has 1 aromatic heterocycles. The van der Waals surface area contributed by atoms with Gasteiger partial charge in [0.2, 0.25) is 11.9 Å². The number of hydrogen-bond donors (Lipinski definition) is 5. The summed E-state index contributed by atoms with van der Waals surface area (Å²) in [6, 6.07) is 0. The van der Waals surface area contributed by atoms with Crippen LogP contribution >= 0.6 is 0 Å². The van der Waals surface area contributed by atoms with Crippen LogP contribution in [-0.2, 0) is 0 Å². The Kier molecular flexibility index (Phi) is 3.26. The fourth-order valence-corrected chi connectivity index (χ4v) is 1.01. The van der Waals surface area contributed by atoms with Crippen LogP contribution in [0.15, 0.2) is 0 Å². The van der Waals surface area contributed by atoms with Gasteiger partial charge in [-0.05, 0) is 6.42 Å². The van der Waals surface area contributed by atoms with E-state index in [2.05, 4.69) is 20.5 Å². The van der Waals surface area contributed by atoms with Crippen molar-refractivity contribution in [2.45, 2.75) is 18.9 Å². The molecule has 0 fully saturated rings. The lowest BCUT2D eigenvalue weighted by Gasteiger charge is -2.28. The number of nitrogen functional groups attached to an aromatic ring is 1. The highest BCUT2D eigenvalue weighted by atomic mass is 16.3. The van der Waals surface area contributed by atoms with Crippen LogP contribution in [0.2, 0.25) is 0 Å². The van der Waals surface area contributed by atoms with Crippen molar-refractivity contribution in [3.63, 3.8) is 0 Å². The highest BCUT2D eigenvalue weighted by Crippen LogP contribution is 2.14. The van der Waals surface area contributed by atoms with E-state index < -0.39 is 5.54 Å². The van der Waals surface area contributed by atoms with E-state index in [1.54, 1.807) is 0 Å². The van der Waals surface area contributed by atoms with Gasteiger partial charge in [0.1, 0.15) is 0 Å². The first kappa shape index (κ1) is 10.7. The predicted molar refractivity (Wildman–Crippen MR) is 51.6 cm³/mol. The van der Waals surface area contributed by atoms with Crippen LogP contribution in [-0.4, -0.2) is 44.1 Å². The second kappa shape index (κ2) is 4.25. The van der Waals surface area contributed by atoms with Gasteiger partial charge in [-0.15, -0.1) is 5.10 Å². The number of nitrogens with zero attached hydrogens (tertiary/aromatic N) is 2. The van der Waals surface area contributed by atoms with Gasteiger partial charge in [0.15, 0.2) is 0 Å². The van der Waals surface area contributed by atoms with E-state index in [0.29, 0.717) is 6.42 Å². The van der Waals surface area contributed by atoms with Crippen molar-refractivity contribution < 1.29 is 10.2 Å². The van der Waals surface area contributed by atoms with Crippen molar-refractivity contribution in [1.29, 1.82) is 0 Å². The Hall–Kier alpha value is -1.34. The van der Waals surface area contributed by atoms with Gasteiger partial charge in [0.25, 0.3) is 0 Å². The highest BCUT2D eigenvalue weighted by Gasteiger charge is 2.27. The summed E-state index contributed by atoms with van der Waals surface area (Å²) < 4.78 is 0. The van der Waals surface area contributed by atoms with Crippen LogP contribution in [0.1, 0.15) is 13.3 Å². The SMILES string of the molecule is CCC(CO)(CO)Nc1n[nH]c(N)n1. The van der Waals surface area contributed by atoms with Crippen LogP contribution in [0, 0.1) is 0 Å². The Morgan fingerprint density at radius 3 is 2.50 bits per heavy atom. The molecule has 0 saturated heterocycles. The van der Waals surface area contributed by atoms with Crippen molar-refractivity contribution in [2.24, 2.45) is 0 Å². The number of nitrogens with two attached hydrogens (primary N) is 1. The quantitative estimate of drug-likeness (QED) is 0.414. The van der Waals surface area contributed by atoms with Crippen molar-refractivity contribution in [1.82, 2.24) is 15.2 Å². The van der Waals surface area contributed by atoms with E-state index in [4.69, 9.17) is 15.9 Å². The van der Waals surface area contributed by atoms with Gasteiger partial charge in [-0.2, -0.15) is 4.98 Å². The van der Waals surface area contributed by atoms with E-state index in [0.717, 1.165) is 0 Å². The number of H-pyrrole nitrogens is 1. The van der Waals surface area contributed by atoms with E-state index in [-0.39, 0.29) is 25.1 Å². The van der Waals surface area contributed by atoms with Crippen LogP contribution in [0.25, 0.3) is 0 Å². The molecular formula is C7H15N5O2. The zero-order valence-corrected chi connectivity index (χ0v) is 7.99.